The van der Waals surface area contributed by atoms with E-state index < -0.39 is 0 Å². The fraction of sp³-hybridized carbons (Fsp3) is 0.0833. The molecule has 0 fully saturated rings. The Morgan fingerprint density at radius 3 is 2.65 bits per heavy atom. The second kappa shape index (κ2) is 5.05. The SMILES string of the molecule is Cc1ncc(C=O)c(Oc2ccc(Br)cc2)n1. The van der Waals surface area contributed by atoms with Gasteiger partial charge in [0.1, 0.15) is 11.6 Å². The van der Waals surface area contributed by atoms with Gasteiger partial charge in [0.05, 0.1) is 5.56 Å². The Kier molecular flexibility index (Phi) is 3.49. The monoisotopic (exact) mass is 292 g/mol. The summed E-state index contributed by atoms with van der Waals surface area (Å²) in [5, 5.41) is 0. The lowest BCUT2D eigenvalue weighted by Gasteiger charge is -2.06. The molecule has 0 saturated heterocycles. The van der Waals surface area contributed by atoms with Crippen LogP contribution in [0.1, 0.15) is 16.2 Å². The molecule has 86 valence electrons. The van der Waals surface area contributed by atoms with Crippen molar-refractivity contribution in [3.05, 3.63) is 46.3 Å². The molecule has 0 amide bonds. The second-order valence-corrected chi connectivity index (χ2v) is 4.27. The lowest BCUT2D eigenvalue weighted by molar-refractivity contribution is 0.112. The van der Waals surface area contributed by atoms with Crippen LogP contribution in [0.3, 0.4) is 0 Å². The minimum absolute atomic E-state index is 0.273. The Balaban J connectivity index is 2.31. The zero-order valence-corrected chi connectivity index (χ0v) is 10.6. The van der Waals surface area contributed by atoms with E-state index in [4.69, 9.17) is 4.74 Å². The van der Waals surface area contributed by atoms with Crippen molar-refractivity contribution in [3.63, 3.8) is 0 Å². The number of rotatable bonds is 3. The molecule has 0 N–H and O–H groups in total. The minimum Gasteiger partial charge on any atom is -0.438 e. The summed E-state index contributed by atoms with van der Waals surface area (Å²) in [5.74, 6) is 1.45. The van der Waals surface area contributed by atoms with E-state index in [-0.39, 0.29) is 5.88 Å². The number of carbonyl (C=O) groups is 1. The number of hydrogen-bond donors (Lipinski definition) is 0. The molecule has 4 nitrogen and oxygen atoms in total. The molecule has 0 unspecified atom stereocenters. The molecule has 1 aromatic heterocycles. The average Bonchev–Trinajstić information content (AvgIpc) is 2.32. The third-order valence-electron chi connectivity index (χ3n) is 2.06. The minimum atomic E-state index is 0.273. The maximum Gasteiger partial charge on any atom is 0.233 e. The fourth-order valence-electron chi connectivity index (χ4n) is 1.24. The maximum absolute atomic E-state index is 10.8. The zero-order chi connectivity index (χ0) is 12.3. The predicted octanol–water partition coefficient (Wildman–Crippen LogP) is 3.15. The van der Waals surface area contributed by atoms with Gasteiger partial charge >= 0.3 is 0 Å². The summed E-state index contributed by atoms with van der Waals surface area (Å²) >= 11 is 3.33. The van der Waals surface area contributed by atoms with Crippen LogP contribution >= 0.6 is 15.9 Å². The molecule has 17 heavy (non-hydrogen) atoms. The van der Waals surface area contributed by atoms with E-state index in [1.54, 1.807) is 19.1 Å². The van der Waals surface area contributed by atoms with Crippen molar-refractivity contribution in [2.24, 2.45) is 0 Å². The molecule has 0 radical (unpaired) electrons. The van der Waals surface area contributed by atoms with E-state index >= 15 is 0 Å². The fourth-order valence-corrected chi connectivity index (χ4v) is 1.50. The molecule has 0 aliphatic carbocycles. The highest BCUT2D eigenvalue weighted by Crippen LogP contribution is 2.23. The molecule has 5 heteroatoms. The number of carbonyl (C=O) groups excluding carboxylic acids is 1. The van der Waals surface area contributed by atoms with Crippen molar-refractivity contribution in [2.45, 2.75) is 6.92 Å². The van der Waals surface area contributed by atoms with Gasteiger partial charge in [0.25, 0.3) is 0 Å². The molecule has 0 saturated carbocycles. The molecule has 2 aromatic rings. The summed E-state index contributed by atoms with van der Waals surface area (Å²) in [6, 6.07) is 7.28. The molecule has 0 spiro atoms. The van der Waals surface area contributed by atoms with Crippen molar-refractivity contribution in [3.8, 4) is 11.6 Å². The molecular formula is C12H9BrN2O2. The summed E-state index contributed by atoms with van der Waals surface area (Å²) in [6.45, 7) is 1.74. The van der Waals surface area contributed by atoms with Crippen LogP contribution in [0.15, 0.2) is 34.9 Å². The number of aromatic nitrogens is 2. The summed E-state index contributed by atoms with van der Waals surface area (Å²) < 4.78 is 6.49. The molecule has 2 rings (SSSR count). The molecule has 0 bridgehead atoms. The molecule has 1 heterocycles. The maximum atomic E-state index is 10.8. The smallest absolute Gasteiger partial charge is 0.233 e. The Hall–Kier alpha value is -1.75. The molecule has 0 aliphatic rings. The van der Waals surface area contributed by atoms with Gasteiger partial charge in [-0.15, -0.1) is 0 Å². The van der Waals surface area contributed by atoms with Gasteiger partial charge in [-0.05, 0) is 31.2 Å². The van der Waals surface area contributed by atoms with Gasteiger partial charge in [0.2, 0.25) is 5.88 Å². The highest BCUT2D eigenvalue weighted by Gasteiger charge is 2.07. The molecular weight excluding hydrogens is 284 g/mol. The number of nitrogens with zero attached hydrogens (tertiary/aromatic N) is 2. The normalized spacial score (nSPS) is 10.0. The average molecular weight is 293 g/mol. The van der Waals surface area contributed by atoms with Crippen LogP contribution in [-0.4, -0.2) is 16.3 Å². The molecule has 1 aromatic carbocycles. The number of halogens is 1. The van der Waals surface area contributed by atoms with Gasteiger partial charge < -0.3 is 4.74 Å². The van der Waals surface area contributed by atoms with Crippen LogP contribution in [0.25, 0.3) is 0 Å². The number of aryl methyl sites for hydroxylation is 1. The van der Waals surface area contributed by atoms with Gasteiger partial charge in [-0.1, -0.05) is 15.9 Å². The summed E-state index contributed by atoms with van der Waals surface area (Å²) in [7, 11) is 0. The third kappa shape index (κ3) is 2.88. The number of aldehydes is 1. The first-order chi connectivity index (χ1) is 8.19. The van der Waals surface area contributed by atoms with Gasteiger partial charge in [-0.2, -0.15) is 4.98 Å². The van der Waals surface area contributed by atoms with Crippen molar-refractivity contribution < 1.29 is 9.53 Å². The van der Waals surface area contributed by atoms with E-state index in [9.17, 15) is 4.79 Å². The van der Waals surface area contributed by atoms with Crippen LogP contribution in [0, 0.1) is 6.92 Å². The number of hydrogen-bond acceptors (Lipinski definition) is 4. The van der Waals surface area contributed by atoms with Gasteiger partial charge in [0.15, 0.2) is 6.29 Å². The van der Waals surface area contributed by atoms with E-state index in [2.05, 4.69) is 25.9 Å². The van der Waals surface area contributed by atoms with Gasteiger partial charge in [-0.3, -0.25) is 4.79 Å². The largest absolute Gasteiger partial charge is 0.438 e. The standard InChI is InChI=1S/C12H9BrN2O2/c1-8-14-6-9(7-16)12(15-8)17-11-4-2-10(13)3-5-11/h2-7H,1H3. The van der Waals surface area contributed by atoms with Crippen LogP contribution < -0.4 is 4.74 Å². The lowest BCUT2D eigenvalue weighted by Crippen LogP contribution is -1.97. The van der Waals surface area contributed by atoms with Gasteiger partial charge in [-0.25, -0.2) is 4.98 Å². The summed E-state index contributed by atoms with van der Waals surface area (Å²) in [6.07, 6.45) is 2.12. The number of ether oxygens (including phenoxy) is 1. The van der Waals surface area contributed by atoms with Crippen LogP contribution in [0.2, 0.25) is 0 Å². The van der Waals surface area contributed by atoms with E-state index in [1.807, 2.05) is 12.1 Å². The zero-order valence-electron chi connectivity index (χ0n) is 9.05. The van der Waals surface area contributed by atoms with Crippen molar-refractivity contribution in [1.29, 1.82) is 0 Å². The van der Waals surface area contributed by atoms with Crippen LogP contribution in [-0.2, 0) is 0 Å². The quantitative estimate of drug-likeness (QED) is 0.816. The second-order valence-electron chi connectivity index (χ2n) is 3.35. The predicted molar refractivity (Wildman–Crippen MR) is 66.4 cm³/mol. The van der Waals surface area contributed by atoms with Gasteiger partial charge in [0, 0.05) is 10.7 Å². The molecule has 0 aliphatic heterocycles. The first-order valence-corrected chi connectivity index (χ1v) is 5.70. The van der Waals surface area contributed by atoms with E-state index in [0.29, 0.717) is 23.4 Å². The lowest BCUT2D eigenvalue weighted by atomic mass is 10.3. The number of benzene rings is 1. The summed E-state index contributed by atoms with van der Waals surface area (Å²) in [5.41, 5.74) is 0.332. The first kappa shape index (κ1) is 11.7. The van der Waals surface area contributed by atoms with Crippen molar-refractivity contribution in [2.75, 3.05) is 0 Å². The van der Waals surface area contributed by atoms with Crippen LogP contribution in [0.5, 0.6) is 11.6 Å². The molecule has 0 atom stereocenters. The van der Waals surface area contributed by atoms with Crippen molar-refractivity contribution >= 4 is 22.2 Å². The highest BCUT2D eigenvalue weighted by molar-refractivity contribution is 9.10. The summed E-state index contributed by atoms with van der Waals surface area (Å²) in [4.78, 5) is 18.8. The Labute approximate surface area is 107 Å². The Morgan fingerprint density at radius 2 is 2.00 bits per heavy atom. The highest BCUT2D eigenvalue weighted by atomic mass is 79.9. The Bertz CT molecular complexity index is 541. The van der Waals surface area contributed by atoms with E-state index in [0.717, 1.165) is 4.47 Å². The van der Waals surface area contributed by atoms with Crippen molar-refractivity contribution in [1.82, 2.24) is 9.97 Å². The first-order valence-electron chi connectivity index (χ1n) is 4.91. The topological polar surface area (TPSA) is 52.1 Å². The van der Waals surface area contributed by atoms with Crippen LogP contribution in [0.4, 0.5) is 0 Å². The van der Waals surface area contributed by atoms with E-state index in [1.165, 1.54) is 6.20 Å². The third-order valence-corrected chi connectivity index (χ3v) is 2.58. The Morgan fingerprint density at radius 1 is 1.29 bits per heavy atom.